The molecule has 0 saturated carbocycles. The molecule has 2 aromatic rings. The van der Waals surface area contributed by atoms with Gasteiger partial charge in [0.25, 0.3) is 5.69 Å². The molecule has 4 rings (SSSR count). The van der Waals surface area contributed by atoms with Crippen molar-refractivity contribution in [3.63, 3.8) is 0 Å². The highest BCUT2D eigenvalue weighted by Gasteiger charge is 2.39. The third kappa shape index (κ3) is 2.00. The molecule has 0 spiro atoms. The first-order valence-electron chi connectivity index (χ1n) is 7.21. The normalized spacial score (nSPS) is 19.8. The van der Waals surface area contributed by atoms with Crippen molar-refractivity contribution >= 4 is 17.4 Å². The minimum atomic E-state index is -0.675. The highest BCUT2D eigenvalue weighted by atomic mass is 16.6. The highest BCUT2D eigenvalue weighted by molar-refractivity contribution is 5.99. The van der Waals surface area contributed by atoms with Gasteiger partial charge in [0, 0.05) is 23.8 Å². The zero-order valence-corrected chi connectivity index (χ0v) is 12.0. The molecule has 0 fully saturated rings. The van der Waals surface area contributed by atoms with Crippen molar-refractivity contribution in [2.75, 3.05) is 5.32 Å². The van der Waals surface area contributed by atoms with Gasteiger partial charge >= 0.3 is 0 Å². The fourth-order valence-corrected chi connectivity index (χ4v) is 3.19. The first-order chi connectivity index (χ1) is 11.2. The second-order valence-corrected chi connectivity index (χ2v) is 5.46. The van der Waals surface area contributed by atoms with Crippen LogP contribution >= 0.6 is 0 Å². The van der Waals surface area contributed by atoms with Crippen molar-refractivity contribution in [3.8, 4) is 0 Å². The maximum Gasteiger partial charge on any atom is 0.275 e. The molecular formula is C14H12N6O3. The average Bonchev–Trinajstić information content (AvgIpc) is 3.01. The van der Waals surface area contributed by atoms with E-state index in [-0.39, 0.29) is 11.5 Å². The number of Topliss-reactive ketones (excluding diaryl/α,β-unsaturated/α-hetero) is 1. The van der Waals surface area contributed by atoms with Crippen molar-refractivity contribution in [2.45, 2.75) is 25.3 Å². The standard InChI is InChI=1S/C14H12N6O3/c21-11-7-3-5-9-12(11)13(19-14(15-9)16-17-18-19)8-4-1-2-6-10(8)20(22)23/h1-2,4,6,13H,3,5,7H2,(H,15,16,18)/t13-/m1/s1. The Labute approximate surface area is 130 Å². The van der Waals surface area contributed by atoms with Gasteiger partial charge in [-0.25, -0.2) is 0 Å². The molecule has 9 heteroatoms. The van der Waals surface area contributed by atoms with Crippen LogP contribution in [0.5, 0.6) is 0 Å². The monoisotopic (exact) mass is 312 g/mol. The van der Waals surface area contributed by atoms with Crippen LogP contribution in [0.2, 0.25) is 0 Å². The molecule has 0 bridgehead atoms. The van der Waals surface area contributed by atoms with E-state index < -0.39 is 11.0 Å². The number of fused-ring (bicyclic) bond motifs is 1. The summed E-state index contributed by atoms with van der Waals surface area (Å²) in [7, 11) is 0. The number of ketones is 1. The molecule has 0 radical (unpaired) electrons. The number of nitrogens with zero attached hydrogens (tertiary/aromatic N) is 5. The molecule has 1 aromatic carbocycles. The van der Waals surface area contributed by atoms with Gasteiger partial charge in [0.05, 0.1) is 10.5 Å². The summed E-state index contributed by atoms with van der Waals surface area (Å²) >= 11 is 0. The minimum absolute atomic E-state index is 0.0250. The van der Waals surface area contributed by atoms with Gasteiger partial charge in [-0.2, -0.15) is 4.68 Å². The number of allylic oxidation sites excluding steroid dienone is 2. The van der Waals surface area contributed by atoms with Gasteiger partial charge in [-0.3, -0.25) is 14.9 Å². The highest BCUT2D eigenvalue weighted by Crippen LogP contribution is 2.41. The molecule has 0 amide bonds. The lowest BCUT2D eigenvalue weighted by Crippen LogP contribution is -2.31. The molecule has 1 atom stereocenters. The smallest absolute Gasteiger partial charge is 0.275 e. The number of aromatic nitrogens is 4. The Kier molecular flexibility index (Phi) is 2.93. The van der Waals surface area contributed by atoms with Crippen LogP contribution in [-0.2, 0) is 4.79 Å². The third-order valence-corrected chi connectivity index (χ3v) is 4.16. The zero-order valence-electron chi connectivity index (χ0n) is 12.0. The van der Waals surface area contributed by atoms with Gasteiger partial charge in [-0.1, -0.05) is 17.2 Å². The number of benzene rings is 1. The molecule has 0 unspecified atom stereocenters. The average molecular weight is 312 g/mol. The molecule has 2 aliphatic rings. The van der Waals surface area contributed by atoms with Gasteiger partial charge in [0.2, 0.25) is 5.95 Å². The minimum Gasteiger partial charge on any atom is -0.326 e. The molecule has 1 aliphatic carbocycles. The molecule has 2 heterocycles. The number of carbonyl (C=O) groups is 1. The number of tetrazole rings is 1. The van der Waals surface area contributed by atoms with E-state index in [9.17, 15) is 14.9 Å². The Hall–Kier alpha value is -3.10. The Balaban J connectivity index is 1.97. The van der Waals surface area contributed by atoms with Crippen molar-refractivity contribution in [3.05, 3.63) is 51.2 Å². The van der Waals surface area contributed by atoms with Crippen LogP contribution in [0, 0.1) is 10.1 Å². The summed E-state index contributed by atoms with van der Waals surface area (Å²) in [6, 6.07) is 5.70. The molecule has 1 N–H and O–H groups in total. The summed E-state index contributed by atoms with van der Waals surface area (Å²) in [4.78, 5) is 23.4. The molecular weight excluding hydrogens is 300 g/mol. The number of carbonyl (C=O) groups excluding carboxylic acids is 1. The van der Waals surface area contributed by atoms with E-state index in [1.54, 1.807) is 18.2 Å². The van der Waals surface area contributed by atoms with Gasteiger partial charge in [-0.05, 0) is 29.3 Å². The van der Waals surface area contributed by atoms with Gasteiger partial charge in [0.1, 0.15) is 6.04 Å². The van der Waals surface area contributed by atoms with Crippen LogP contribution in [0.15, 0.2) is 35.5 Å². The lowest BCUT2D eigenvalue weighted by Gasteiger charge is -2.31. The van der Waals surface area contributed by atoms with E-state index in [2.05, 4.69) is 20.8 Å². The quantitative estimate of drug-likeness (QED) is 0.661. The van der Waals surface area contributed by atoms with Crippen LogP contribution in [0.4, 0.5) is 11.6 Å². The summed E-state index contributed by atoms with van der Waals surface area (Å²) in [5.74, 6) is 0.365. The van der Waals surface area contributed by atoms with Gasteiger partial charge < -0.3 is 5.32 Å². The largest absolute Gasteiger partial charge is 0.326 e. The molecule has 9 nitrogen and oxygen atoms in total. The maximum absolute atomic E-state index is 12.5. The number of nitrogens with one attached hydrogen (secondary N) is 1. The fourth-order valence-electron chi connectivity index (χ4n) is 3.19. The summed E-state index contributed by atoms with van der Waals surface area (Å²) in [6.07, 6.45) is 1.87. The number of hydrogen-bond acceptors (Lipinski definition) is 7. The third-order valence-electron chi connectivity index (χ3n) is 4.16. The fraction of sp³-hybridized carbons (Fsp3) is 0.286. The van der Waals surface area contributed by atoms with Crippen molar-refractivity contribution < 1.29 is 9.72 Å². The van der Waals surface area contributed by atoms with Crippen LogP contribution in [0.3, 0.4) is 0 Å². The number of rotatable bonds is 2. The van der Waals surface area contributed by atoms with Crippen LogP contribution in [0.25, 0.3) is 0 Å². The summed E-state index contributed by atoms with van der Waals surface area (Å²) in [5.41, 5.74) is 1.64. The molecule has 116 valence electrons. The van der Waals surface area contributed by atoms with E-state index in [1.165, 1.54) is 10.7 Å². The maximum atomic E-state index is 12.5. The topological polar surface area (TPSA) is 116 Å². The van der Waals surface area contributed by atoms with Crippen molar-refractivity contribution in [1.29, 1.82) is 0 Å². The van der Waals surface area contributed by atoms with E-state index in [1.807, 2.05) is 0 Å². The van der Waals surface area contributed by atoms with Gasteiger partial charge in [-0.15, -0.1) is 0 Å². The Morgan fingerprint density at radius 2 is 2.13 bits per heavy atom. The van der Waals surface area contributed by atoms with E-state index >= 15 is 0 Å². The summed E-state index contributed by atoms with van der Waals surface area (Å²) < 4.78 is 1.43. The Bertz CT molecular complexity index is 856. The lowest BCUT2D eigenvalue weighted by atomic mass is 9.85. The Morgan fingerprint density at radius 1 is 1.30 bits per heavy atom. The molecule has 1 aliphatic heterocycles. The van der Waals surface area contributed by atoms with Crippen molar-refractivity contribution in [1.82, 2.24) is 20.2 Å². The first-order valence-corrected chi connectivity index (χ1v) is 7.21. The second-order valence-electron chi connectivity index (χ2n) is 5.46. The lowest BCUT2D eigenvalue weighted by molar-refractivity contribution is -0.385. The van der Waals surface area contributed by atoms with Crippen LogP contribution in [0.1, 0.15) is 30.9 Å². The second kappa shape index (κ2) is 4.97. The first kappa shape index (κ1) is 13.6. The van der Waals surface area contributed by atoms with E-state index in [0.29, 0.717) is 29.9 Å². The van der Waals surface area contributed by atoms with Crippen molar-refractivity contribution in [2.24, 2.45) is 0 Å². The number of hydrogen-bond donors (Lipinski definition) is 1. The number of para-hydroxylation sites is 1. The predicted molar refractivity (Wildman–Crippen MR) is 78.6 cm³/mol. The number of nitro benzene ring substituents is 1. The number of nitro groups is 1. The molecule has 0 saturated heterocycles. The van der Waals surface area contributed by atoms with E-state index in [0.717, 1.165) is 12.1 Å². The van der Waals surface area contributed by atoms with Crippen LogP contribution in [-0.4, -0.2) is 30.9 Å². The predicted octanol–water partition coefficient (Wildman–Crippen LogP) is 1.60. The SMILES string of the molecule is O=C1CCCC2=C1[C@@H](c1ccccc1[N+](=O)[O-])n1nnnc1N2. The molecule has 1 aromatic heterocycles. The summed E-state index contributed by atoms with van der Waals surface area (Å²) in [5, 5.41) is 25.9. The Morgan fingerprint density at radius 3 is 2.96 bits per heavy atom. The summed E-state index contributed by atoms with van der Waals surface area (Å²) in [6.45, 7) is 0. The van der Waals surface area contributed by atoms with Crippen LogP contribution < -0.4 is 5.32 Å². The number of anilines is 1. The zero-order chi connectivity index (χ0) is 16.0. The van der Waals surface area contributed by atoms with Gasteiger partial charge in [0.15, 0.2) is 5.78 Å². The van der Waals surface area contributed by atoms with E-state index in [4.69, 9.17) is 0 Å². The molecule has 23 heavy (non-hydrogen) atoms.